The average molecular weight is 427 g/mol. The van der Waals surface area contributed by atoms with Crippen molar-refractivity contribution in [1.29, 1.82) is 0 Å². The number of nitrogens with zero attached hydrogens (tertiary/aromatic N) is 2. The van der Waals surface area contributed by atoms with Crippen molar-refractivity contribution in [3.8, 4) is 23.0 Å². The molecule has 0 atom stereocenters. The van der Waals surface area contributed by atoms with Gasteiger partial charge in [-0.1, -0.05) is 23.9 Å². The van der Waals surface area contributed by atoms with Gasteiger partial charge < -0.3 is 23.9 Å². The Labute approximate surface area is 175 Å². The van der Waals surface area contributed by atoms with Crippen LogP contribution in [0.2, 0.25) is 0 Å². The Hall–Kier alpha value is -3.53. The molecule has 0 saturated heterocycles. The number of ether oxygens (including phenoxy) is 3. The van der Waals surface area contributed by atoms with E-state index in [-0.39, 0.29) is 18.5 Å². The van der Waals surface area contributed by atoms with E-state index in [2.05, 4.69) is 20.3 Å². The molecule has 0 saturated carbocycles. The molecule has 1 amide bonds. The second-order valence-electron chi connectivity index (χ2n) is 6.20. The van der Waals surface area contributed by atoms with Crippen molar-refractivity contribution >= 4 is 23.6 Å². The Morgan fingerprint density at radius 1 is 1.10 bits per heavy atom. The van der Waals surface area contributed by atoms with Crippen molar-refractivity contribution in [2.75, 3.05) is 19.7 Å². The van der Waals surface area contributed by atoms with Gasteiger partial charge in [-0.15, -0.1) is 10.2 Å². The van der Waals surface area contributed by atoms with E-state index in [9.17, 15) is 9.59 Å². The third kappa shape index (κ3) is 4.54. The Bertz CT molecular complexity index is 1070. The summed E-state index contributed by atoms with van der Waals surface area (Å²) in [4.78, 5) is 23.5. The first kappa shape index (κ1) is 19.8. The fraction of sp³-hybridized carbons (Fsp3) is 0.200. The molecule has 10 heteroatoms. The van der Waals surface area contributed by atoms with Crippen molar-refractivity contribution in [2.24, 2.45) is 0 Å². The molecular weight excluding hydrogens is 410 g/mol. The predicted molar refractivity (Wildman–Crippen MR) is 106 cm³/mol. The summed E-state index contributed by atoms with van der Waals surface area (Å²) in [6.45, 7) is 0.529. The predicted octanol–water partition coefficient (Wildman–Crippen LogP) is 2.66. The average Bonchev–Trinajstić information content (AvgIpc) is 3.45. The molecule has 1 aliphatic heterocycles. The maximum Gasteiger partial charge on any atom is 0.337 e. The minimum absolute atomic E-state index is 0.128. The van der Waals surface area contributed by atoms with Crippen molar-refractivity contribution in [2.45, 2.75) is 11.8 Å². The Kier molecular flexibility index (Phi) is 5.84. The highest BCUT2D eigenvalue weighted by molar-refractivity contribution is 7.99. The lowest BCUT2D eigenvalue weighted by molar-refractivity contribution is -0.118. The second-order valence-corrected chi connectivity index (χ2v) is 7.12. The summed E-state index contributed by atoms with van der Waals surface area (Å²) >= 11 is 1.14. The summed E-state index contributed by atoms with van der Waals surface area (Å²) in [6, 6.07) is 12.2. The van der Waals surface area contributed by atoms with Gasteiger partial charge in [0.15, 0.2) is 11.5 Å². The van der Waals surface area contributed by atoms with Gasteiger partial charge in [0.25, 0.3) is 5.22 Å². The zero-order valence-electron chi connectivity index (χ0n) is 15.9. The second kappa shape index (κ2) is 8.87. The molecule has 0 radical (unpaired) electrons. The first-order chi connectivity index (χ1) is 14.6. The molecule has 1 aromatic heterocycles. The number of esters is 1. The van der Waals surface area contributed by atoms with E-state index in [1.807, 2.05) is 0 Å². The monoisotopic (exact) mass is 427 g/mol. The summed E-state index contributed by atoms with van der Waals surface area (Å²) < 4.78 is 20.9. The largest absolute Gasteiger partial charge is 0.465 e. The van der Waals surface area contributed by atoms with Gasteiger partial charge >= 0.3 is 5.97 Å². The minimum atomic E-state index is -0.401. The maximum atomic E-state index is 12.1. The van der Waals surface area contributed by atoms with Crippen LogP contribution in [0.15, 0.2) is 52.1 Å². The molecule has 1 aliphatic rings. The molecule has 154 valence electrons. The van der Waals surface area contributed by atoms with Crippen molar-refractivity contribution in [3.63, 3.8) is 0 Å². The van der Waals surface area contributed by atoms with Gasteiger partial charge in [0.05, 0.1) is 18.4 Å². The number of thioether (sulfide) groups is 1. The van der Waals surface area contributed by atoms with Crippen LogP contribution in [0.5, 0.6) is 11.5 Å². The van der Waals surface area contributed by atoms with Gasteiger partial charge in [-0.2, -0.15) is 0 Å². The normalized spacial score (nSPS) is 11.9. The van der Waals surface area contributed by atoms with Crippen molar-refractivity contribution in [1.82, 2.24) is 15.5 Å². The van der Waals surface area contributed by atoms with E-state index in [1.165, 1.54) is 7.11 Å². The molecule has 0 spiro atoms. The van der Waals surface area contributed by atoms with Gasteiger partial charge in [-0.3, -0.25) is 4.79 Å². The van der Waals surface area contributed by atoms with Crippen LogP contribution in [0.25, 0.3) is 11.5 Å². The molecule has 0 aliphatic carbocycles. The van der Waals surface area contributed by atoms with Crippen LogP contribution >= 0.6 is 11.8 Å². The van der Waals surface area contributed by atoms with Crippen LogP contribution in [-0.4, -0.2) is 41.7 Å². The first-order valence-corrected chi connectivity index (χ1v) is 9.91. The molecule has 4 rings (SSSR count). The molecule has 9 nitrogen and oxygen atoms in total. The minimum Gasteiger partial charge on any atom is -0.465 e. The number of nitrogens with one attached hydrogen (secondary N) is 1. The zero-order valence-corrected chi connectivity index (χ0v) is 16.7. The highest BCUT2D eigenvalue weighted by Crippen LogP contribution is 2.35. The summed E-state index contributed by atoms with van der Waals surface area (Å²) in [5.41, 5.74) is 2.03. The lowest BCUT2D eigenvalue weighted by atomic mass is 10.1. The molecule has 0 unspecified atom stereocenters. The van der Waals surface area contributed by atoms with Crippen LogP contribution in [-0.2, 0) is 16.1 Å². The molecule has 2 aromatic carbocycles. The number of rotatable bonds is 7. The number of hydrogen-bond acceptors (Lipinski definition) is 9. The van der Waals surface area contributed by atoms with Crippen molar-refractivity contribution < 1.29 is 28.2 Å². The highest BCUT2D eigenvalue weighted by Gasteiger charge is 2.17. The smallest absolute Gasteiger partial charge is 0.337 e. The number of carbonyl (C=O) groups excluding carboxylic acids is 2. The van der Waals surface area contributed by atoms with Crippen LogP contribution in [0.4, 0.5) is 0 Å². The number of carbonyl (C=O) groups is 2. The van der Waals surface area contributed by atoms with E-state index in [1.54, 1.807) is 42.5 Å². The lowest BCUT2D eigenvalue weighted by Crippen LogP contribution is -2.24. The van der Waals surface area contributed by atoms with Crippen LogP contribution in [0.1, 0.15) is 15.9 Å². The first-order valence-electron chi connectivity index (χ1n) is 8.92. The van der Waals surface area contributed by atoms with Crippen molar-refractivity contribution in [3.05, 3.63) is 53.6 Å². The Balaban J connectivity index is 1.27. The zero-order chi connectivity index (χ0) is 20.9. The van der Waals surface area contributed by atoms with E-state index < -0.39 is 5.97 Å². The SMILES string of the molecule is COC(=O)c1ccc(CNC(=O)CSc2nnc(-c3ccc4c(c3)OCO4)o2)cc1. The third-order valence-electron chi connectivity index (χ3n) is 4.22. The van der Waals surface area contributed by atoms with E-state index in [0.29, 0.717) is 40.3 Å². The summed E-state index contributed by atoms with van der Waals surface area (Å²) in [6.07, 6.45) is 0. The topological polar surface area (TPSA) is 113 Å². The standard InChI is InChI=1S/C20H17N3O6S/c1-26-19(25)13-4-2-12(3-5-13)9-21-17(24)10-30-20-23-22-18(29-20)14-6-7-15-16(8-14)28-11-27-15/h2-8H,9-11H2,1H3,(H,21,24). The number of amides is 1. The molecule has 1 N–H and O–H groups in total. The highest BCUT2D eigenvalue weighted by atomic mass is 32.2. The number of aromatic nitrogens is 2. The molecular formula is C20H17N3O6S. The fourth-order valence-electron chi connectivity index (χ4n) is 2.67. The van der Waals surface area contributed by atoms with Crippen LogP contribution in [0.3, 0.4) is 0 Å². The van der Waals surface area contributed by atoms with E-state index in [0.717, 1.165) is 17.3 Å². The van der Waals surface area contributed by atoms with E-state index >= 15 is 0 Å². The molecule has 3 aromatic rings. The molecule has 0 bridgehead atoms. The fourth-order valence-corrected chi connectivity index (χ4v) is 3.26. The van der Waals surface area contributed by atoms with Crippen LogP contribution < -0.4 is 14.8 Å². The number of fused-ring (bicyclic) bond motifs is 1. The molecule has 2 heterocycles. The number of benzene rings is 2. The molecule has 30 heavy (non-hydrogen) atoms. The quantitative estimate of drug-likeness (QED) is 0.449. The lowest BCUT2D eigenvalue weighted by Gasteiger charge is -2.05. The van der Waals surface area contributed by atoms with Gasteiger partial charge in [0, 0.05) is 12.1 Å². The summed E-state index contributed by atoms with van der Waals surface area (Å²) in [7, 11) is 1.33. The number of hydrogen-bond donors (Lipinski definition) is 1. The maximum absolute atomic E-state index is 12.1. The summed E-state index contributed by atoms with van der Waals surface area (Å²) in [5, 5.41) is 11.1. The van der Waals surface area contributed by atoms with Gasteiger partial charge in [0.1, 0.15) is 0 Å². The summed E-state index contributed by atoms with van der Waals surface area (Å²) in [5.74, 6) is 1.18. The van der Waals surface area contributed by atoms with Gasteiger partial charge in [0.2, 0.25) is 18.6 Å². The van der Waals surface area contributed by atoms with Gasteiger partial charge in [-0.05, 0) is 35.9 Å². The Morgan fingerprint density at radius 3 is 2.70 bits per heavy atom. The Morgan fingerprint density at radius 2 is 1.90 bits per heavy atom. The third-order valence-corrected chi connectivity index (χ3v) is 5.04. The number of methoxy groups -OCH3 is 1. The molecule has 0 fully saturated rings. The van der Waals surface area contributed by atoms with E-state index in [4.69, 9.17) is 13.9 Å². The van der Waals surface area contributed by atoms with Gasteiger partial charge in [-0.25, -0.2) is 4.79 Å². The van der Waals surface area contributed by atoms with Crippen LogP contribution in [0, 0.1) is 0 Å².